The number of hydrogen-bond donors (Lipinski definition) is 1. The number of fused-ring (bicyclic) bond motifs is 1. The number of thiazole rings is 1. The largest absolute Gasteiger partial charge is 0.496 e. The summed E-state index contributed by atoms with van der Waals surface area (Å²) in [6.45, 7) is 0. The van der Waals surface area contributed by atoms with Crippen molar-refractivity contribution in [3.8, 4) is 17.0 Å². The van der Waals surface area contributed by atoms with Gasteiger partial charge in [0, 0.05) is 22.2 Å². The smallest absolute Gasteiger partial charge is 0.229 e. The third-order valence-corrected chi connectivity index (χ3v) is 5.35. The third kappa shape index (κ3) is 2.65. The highest BCUT2D eigenvalue weighted by molar-refractivity contribution is 7.14. The number of methoxy groups -OCH3 is 1. The monoisotopic (exact) mass is 338 g/mol. The molecule has 122 valence electrons. The number of carbonyl (C=O) groups is 1. The Hall–Kier alpha value is -2.40. The van der Waals surface area contributed by atoms with Gasteiger partial charge in [-0.15, -0.1) is 11.3 Å². The molecule has 3 aromatic rings. The van der Waals surface area contributed by atoms with E-state index in [9.17, 15) is 4.79 Å². The number of hydrogen-bond acceptors (Lipinski definition) is 4. The minimum absolute atomic E-state index is 0.0988. The number of anilines is 1. The fourth-order valence-electron chi connectivity index (χ4n) is 3.01. The lowest BCUT2D eigenvalue weighted by Crippen LogP contribution is -2.27. The summed E-state index contributed by atoms with van der Waals surface area (Å²) in [5.41, 5.74) is 1.93. The predicted octanol–water partition coefficient (Wildman–Crippen LogP) is 4.71. The Bertz CT molecular complexity index is 899. The van der Waals surface area contributed by atoms with Crippen LogP contribution in [0, 0.1) is 5.92 Å². The van der Waals surface area contributed by atoms with Gasteiger partial charge in [0.25, 0.3) is 0 Å². The summed E-state index contributed by atoms with van der Waals surface area (Å²) in [6, 6.07) is 12.1. The SMILES string of the molecule is COc1ccc(-c2csc(NC(=O)C3CCC3)n2)c2ccccc12. The van der Waals surface area contributed by atoms with Crippen LogP contribution in [0.25, 0.3) is 22.0 Å². The first kappa shape index (κ1) is 15.1. The molecule has 4 rings (SSSR count). The average Bonchev–Trinajstić information content (AvgIpc) is 3.00. The van der Waals surface area contributed by atoms with Gasteiger partial charge in [-0.25, -0.2) is 4.98 Å². The Morgan fingerprint density at radius 2 is 2.00 bits per heavy atom. The van der Waals surface area contributed by atoms with Crippen molar-refractivity contribution in [2.45, 2.75) is 19.3 Å². The molecule has 1 aliphatic rings. The molecule has 0 atom stereocenters. The van der Waals surface area contributed by atoms with Gasteiger partial charge >= 0.3 is 0 Å². The third-order valence-electron chi connectivity index (χ3n) is 4.59. The molecule has 0 saturated heterocycles. The molecule has 1 saturated carbocycles. The number of carbonyl (C=O) groups excluding carboxylic acids is 1. The molecule has 1 fully saturated rings. The Labute approximate surface area is 144 Å². The molecule has 0 bridgehead atoms. The molecular weight excluding hydrogens is 320 g/mol. The van der Waals surface area contributed by atoms with Crippen LogP contribution in [0.4, 0.5) is 5.13 Å². The number of aromatic nitrogens is 1. The van der Waals surface area contributed by atoms with E-state index in [2.05, 4.69) is 16.4 Å². The number of nitrogens with zero attached hydrogens (tertiary/aromatic N) is 1. The van der Waals surface area contributed by atoms with Crippen LogP contribution in [0.1, 0.15) is 19.3 Å². The standard InChI is InChI=1S/C19H18N2O2S/c1-23-17-10-9-14(13-7-2-3-8-15(13)17)16-11-24-19(20-16)21-18(22)12-5-4-6-12/h2-3,7-12H,4-6H2,1H3,(H,20,21,22). The minimum Gasteiger partial charge on any atom is -0.496 e. The van der Waals surface area contributed by atoms with Crippen LogP contribution in [0.15, 0.2) is 41.8 Å². The van der Waals surface area contributed by atoms with Crippen molar-refractivity contribution in [2.75, 3.05) is 12.4 Å². The lowest BCUT2D eigenvalue weighted by atomic mass is 9.85. The Morgan fingerprint density at radius 1 is 1.21 bits per heavy atom. The van der Waals surface area contributed by atoms with Gasteiger partial charge in [0.05, 0.1) is 12.8 Å². The van der Waals surface area contributed by atoms with Crippen molar-refractivity contribution < 1.29 is 9.53 Å². The summed E-state index contributed by atoms with van der Waals surface area (Å²) in [6.07, 6.45) is 3.14. The van der Waals surface area contributed by atoms with Gasteiger partial charge in [-0.2, -0.15) is 0 Å². The molecule has 0 radical (unpaired) electrons. The summed E-state index contributed by atoms with van der Waals surface area (Å²) in [5.74, 6) is 1.11. The maximum Gasteiger partial charge on any atom is 0.229 e. The van der Waals surface area contributed by atoms with E-state index in [1.807, 2.05) is 35.7 Å². The molecule has 0 aliphatic heterocycles. The summed E-state index contributed by atoms with van der Waals surface area (Å²) >= 11 is 1.47. The number of nitrogens with one attached hydrogen (secondary N) is 1. The minimum atomic E-state index is 0.0988. The Kier molecular flexibility index (Phi) is 3.94. The molecule has 2 aromatic carbocycles. The zero-order chi connectivity index (χ0) is 16.5. The second-order valence-corrected chi connectivity index (χ2v) is 6.87. The van der Waals surface area contributed by atoms with Crippen molar-refractivity contribution in [3.63, 3.8) is 0 Å². The number of amides is 1. The second kappa shape index (κ2) is 6.24. The number of rotatable bonds is 4. The zero-order valence-electron chi connectivity index (χ0n) is 13.4. The van der Waals surface area contributed by atoms with Crippen LogP contribution in [0.5, 0.6) is 5.75 Å². The first-order chi connectivity index (χ1) is 11.8. The van der Waals surface area contributed by atoms with Crippen molar-refractivity contribution in [1.82, 2.24) is 4.98 Å². The molecular formula is C19H18N2O2S. The second-order valence-electron chi connectivity index (χ2n) is 6.02. The van der Waals surface area contributed by atoms with Gasteiger partial charge in [-0.05, 0) is 30.4 Å². The fourth-order valence-corrected chi connectivity index (χ4v) is 3.72. The maximum absolute atomic E-state index is 12.1. The summed E-state index contributed by atoms with van der Waals surface area (Å²) in [4.78, 5) is 16.7. The van der Waals surface area contributed by atoms with Crippen molar-refractivity contribution in [2.24, 2.45) is 5.92 Å². The van der Waals surface area contributed by atoms with Gasteiger partial charge in [0.2, 0.25) is 5.91 Å². The zero-order valence-corrected chi connectivity index (χ0v) is 14.2. The molecule has 5 heteroatoms. The normalized spacial score (nSPS) is 14.4. The molecule has 0 unspecified atom stereocenters. The van der Waals surface area contributed by atoms with Crippen LogP contribution in [0.2, 0.25) is 0 Å². The van der Waals surface area contributed by atoms with E-state index in [0.717, 1.165) is 47.0 Å². The first-order valence-corrected chi connectivity index (χ1v) is 8.97. The van der Waals surface area contributed by atoms with Crippen molar-refractivity contribution in [1.29, 1.82) is 0 Å². The first-order valence-electron chi connectivity index (χ1n) is 8.09. The molecule has 0 spiro atoms. The quantitative estimate of drug-likeness (QED) is 0.749. The molecule has 1 aromatic heterocycles. The number of benzene rings is 2. The molecule has 1 heterocycles. The van der Waals surface area contributed by atoms with Crippen LogP contribution in [-0.2, 0) is 4.79 Å². The van der Waals surface area contributed by atoms with E-state index in [4.69, 9.17) is 4.74 Å². The molecule has 1 N–H and O–H groups in total. The maximum atomic E-state index is 12.1. The lowest BCUT2D eigenvalue weighted by molar-refractivity contribution is -0.122. The van der Waals surface area contributed by atoms with Gasteiger partial charge in [-0.1, -0.05) is 30.7 Å². The molecule has 4 nitrogen and oxygen atoms in total. The topological polar surface area (TPSA) is 51.2 Å². The number of ether oxygens (including phenoxy) is 1. The summed E-state index contributed by atoms with van der Waals surface area (Å²) in [7, 11) is 1.68. The highest BCUT2D eigenvalue weighted by atomic mass is 32.1. The lowest BCUT2D eigenvalue weighted by Gasteiger charge is -2.23. The van der Waals surface area contributed by atoms with E-state index in [0.29, 0.717) is 5.13 Å². The fraction of sp³-hybridized carbons (Fsp3) is 0.263. The average molecular weight is 338 g/mol. The Morgan fingerprint density at radius 3 is 2.71 bits per heavy atom. The van der Waals surface area contributed by atoms with Gasteiger partial charge in [0.15, 0.2) is 5.13 Å². The van der Waals surface area contributed by atoms with E-state index in [1.165, 1.54) is 11.3 Å². The predicted molar refractivity (Wildman–Crippen MR) is 97.6 cm³/mol. The van der Waals surface area contributed by atoms with E-state index < -0.39 is 0 Å². The highest BCUT2D eigenvalue weighted by Crippen LogP contribution is 2.36. The van der Waals surface area contributed by atoms with Crippen molar-refractivity contribution in [3.05, 3.63) is 41.8 Å². The van der Waals surface area contributed by atoms with Crippen LogP contribution in [0.3, 0.4) is 0 Å². The van der Waals surface area contributed by atoms with E-state index >= 15 is 0 Å². The molecule has 24 heavy (non-hydrogen) atoms. The summed E-state index contributed by atoms with van der Waals surface area (Å²) in [5, 5.41) is 7.76. The highest BCUT2D eigenvalue weighted by Gasteiger charge is 2.25. The molecule has 1 amide bonds. The van der Waals surface area contributed by atoms with Crippen LogP contribution < -0.4 is 10.1 Å². The van der Waals surface area contributed by atoms with Gasteiger partial charge < -0.3 is 10.1 Å². The van der Waals surface area contributed by atoms with Gasteiger partial charge in [0.1, 0.15) is 5.75 Å². The summed E-state index contributed by atoms with van der Waals surface area (Å²) < 4.78 is 5.45. The van der Waals surface area contributed by atoms with Crippen LogP contribution in [-0.4, -0.2) is 18.0 Å². The van der Waals surface area contributed by atoms with E-state index in [1.54, 1.807) is 7.11 Å². The van der Waals surface area contributed by atoms with Crippen LogP contribution >= 0.6 is 11.3 Å². The van der Waals surface area contributed by atoms with Crippen molar-refractivity contribution >= 4 is 33.1 Å². The molecule has 1 aliphatic carbocycles. The van der Waals surface area contributed by atoms with Gasteiger partial charge in [-0.3, -0.25) is 4.79 Å². The Balaban J connectivity index is 1.67. The van der Waals surface area contributed by atoms with E-state index in [-0.39, 0.29) is 11.8 Å².